The molecule has 0 fully saturated rings. The van der Waals surface area contributed by atoms with Gasteiger partial charge < -0.3 is 15.8 Å². The highest BCUT2D eigenvalue weighted by Crippen LogP contribution is 2.27. The minimum atomic E-state index is -4.76. The van der Waals surface area contributed by atoms with Crippen molar-refractivity contribution in [2.45, 2.75) is 25.9 Å². The van der Waals surface area contributed by atoms with Crippen LogP contribution in [-0.4, -0.2) is 22.5 Å². The number of aromatic nitrogens is 2. The molecule has 2 rings (SSSR count). The van der Waals surface area contributed by atoms with Gasteiger partial charge in [0.25, 0.3) is 5.56 Å². The van der Waals surface area contributed by atoms with E-state index in [2.05, 4.69) is 27.2 Å². The van der Waals surface area contributed by atoms with E-state index >= 15 is 0 Å². The summed E-state index contributed by atoms with van der Waals surface area (Å²) in [6.07, 6.45) is -2.78. The number of aromatic amines is 1. The van der Waals surface area contributed by atoms with Crippen LogP contribution in [0.1, 0.15) is 25.5 Å². The van der Waals surface area contributed by atoms with Crippen LogP contribution >= 0.6 is 0 Å². The zero-order valence-corrected chi connectivity index (χ0v) is 13.9. The highest BCUT2D eigenvalue weighted by Gasteiger charge is 2.33. The second-order valence-electron chi connectivity index (χ2n) is 5.30. The number of aliphatic imine (C=N–C) groups is 1. The lowest BCUT2D eigenvalue weighted by Crippen LogP contribution is -2.23. The van der Waals surface area contributed by atoms with Gasteiger partial charge in [-0.1, -0.05) is 13.3 Å². The van der Waals surface area contributed by atoms with Gasteiger partial charge in [-0.05, 0) is 30.7 Å². The van der Waals surface area contributed by atoms with Crippen LogP contribution in [0.3, 0.4) is 0 Å². The number of nitrogens with one attached hydrogen (secondary N) is 2. The van der Waals surface area contributed by atoms with Crippen LogP contribution < -0.4 is 21.3 Å². The maximum atomic E-state index is 12.7. The predicted octanol–water partition coefficient (Wildman–Crippen LogP) is 3.03. The summed E-state index contributed by atoms with van der Waals surface area (Å²) in [4.78, 5) is 20.3. The number of guanidine groups is 1. The lowest BCUT2D eigenvalue weighted by Gasteiger charge is -2.09. The Morgan fingerprint density at radius 3 is 2.65 bits per heavy atom. The van der Waals surface area contributed by atoms with Crippen molar-refractivity contribution in [3.63, 3.8) is 0 Å². The van der Waals surface area contributed by atoms with Gasteiger partial charge in [0.1, 0.15) is 5.75 Å². The van der Waals surface area contributed by atoms with E-state index in [-0.39, 0.29) is 5.96 Å². The SMILES string of the molecule is CCCCOc1ccc(NC(N)=Nc2nc(C(F)(F)F)cc(=O)[nH]2)cc1. The molecule has 0 aliphatic carbocycles. The van der Waals surface area contributed by atoms with Crippen LogP contribution in [0, 0.1) is 0 Å². The lowest BCUT2D eigenvalue weighted by molar-refractivity contribution is -0.141. The van der Waals surface area contributed by atoms with E-state index in [1.54, 1.807) is 24.3 Å². The van der Waals surface area contributed by atoms with E-state index in [9.17, 15) is 18.0 Å². The molecule has 0 unspecified atom stereocenters. The van der Waals surface area contributed by atoms with E-state index in [1.807, 2.05) is 0 Å². The van der Waals surface area contributed by atoms with Crippen molar-refractivity contribution in [2.75, 3.05) is 11.9 Å². The molecule has 0 radical (unpaired) electrons. The smallest absolute Gasteiger partial charge is 0.433 e. The van der Waals surface area contributed by atoms with Crippen molar-refractivity contribution in [2.24, 2.45) is 10.7 Å². The zero-order valence-electron chi connectivity index (χ0n) is 13.9. The number of halogens is 3. The molecule has 26 heavy (non-hydrogen) atoms. The molecule has 0 spiro atoms. The van der Waals surface area contributed by atoms with Crippen LogP contribution in [0.15, 0.2) is 40.1 Å². The summed E-state index contributed by atoms with van der Waals surface area (Å²) in [5.41, 5.74) is 3.87. The standard InChI is InChI=1S/C16H18F3N5O2/c1-2-3-8-26-11-6-4-10(5-7-11)21-14(20)24-15-22-12(16(17,18)19)9-13(25)23-15/h4-7,9H,2-3,8H2,1H3,(H4,20,21,22,23,24,25). The molecule has 0 atom stereocenters. The van der Waals surface area contributed by atoms with Gasteiger partial charge in [-0.15, -0.1) is 0 Å². The molecule has 1 aromatic carbocycles. The molecular formula is C16H18F3N5O2. The van der Waals surface area contributed by atoms with Crippen LogP contribution in [0.2, 0.25) is 0 Å². The Bertz CT molecular complexity index is 816. The molecule has 10 heteroatoms. The van der Waals surface area contributed by atoms with Crippen molar-refractivity contribution in [1.29, 1.82) is 0 Å². The minimum Gasteiger partial charge on any atom is -0.494 e. The maximum Gasteiger partial charge on any atom is 0.433 e. The molecule has 7 nitrogen and oxygen atoms in total. The van der Waals surface area contributed by atoms with E-state index in [4.69, 9.17) is 10.5 Å². The van der Waals surface area contributed by atoms with Crippen LogP contribution in [0.25, 0.3) is 0 Å². The summed E-state index contributed by atoms with van der Waals surface area (Å²) in [5.74, 6) is -0.0927. The van der Waals surface area contributed by atoms with E-state index in [0.717, 1.165) is 12.8 Å². The van der Waals surface area contributed by atoms with Gasteiger partial charge in [0, 0.05) is 11.8 Å². The average molecular weight is 369 g/mol. The Kier molecular flexibility index (Phi) is 6.21. The topological polar surface area (TPSA) is 105 Å². The highest BCUT2D eigenvalue weighted by atomic mass is 19.4. The summed E-state index contributed by atoms with van der Waals surface area (Å²) in [5, 5.41) is 2.69. The number of benzene rings is 1. The van der Waals surface area contributed by atoms with Gasteiger partial charge in [0.15, 0.2) is 5.69 Å². The fourth-order valence-electron chi connectivity index (χ4n) is 1.90. The normalized spacial score (nSPS) is 12.1. The van der Waals surface area contributed by atoms with Gasteiger partial charge in [-0.3, -0.25) is 9.78 Å². The Morgan fingerprint density at radius 1 is 1.35 bits per heavy atom. The third-order valence-corrected chi connectivity index (χ3v) is 3.14. The molecule has 140 valence electrons. The fourth-order valence-corrected chi connectivity index (χ4v) is 1.90. The first kappa shape index (κ1) is 19.3. The van der Waals surface area contributed by atoms with Gasteiger partial charge in [-0.2, -0.15) is 18.2 Å². The second kappa shape index (κ2) is 8.37. The number of nitrogens with zero attached hydrogens (tertiary/aromatic N) is 2. The number of nitrogens with two attached hydrogens (primary N) is 1. The Morgan fingerprint density at radius 2 is 2.04 bits per heavy atom. The van der Waals surface area contributed by atoms with Gasteiger partial charge >= 0.3 is 6.18 Å². The summed E-state index contributed by atoms with van der Waals surface area (Å²) >= 11 is 0. The number of hydrogen-bond donors (Lipinski definition) is 3. The van der Waals surface area contributed by atoms with E-state index < -0.39 is 23.4 Å². The lowest BCUT2D eigenvalue weighted by atomic mass is 10.3. The summed E-state index contributed by atoms with van der Waals surface area (Å²) < 4.78 is 43.5. The molecule has 0 saturated carbocycles. The molecule has 1 heterocycles. The first-order valence-electron chi connectivity index (χ1n) is 7.80. The first-order valence-corrected chi connectivity index (χ1v) is 7.80. The number of anilines is 1. The molecule has 0 saturated heterocycles. The molecule has 0 aliphatic heterocycles. The van der Waals surface area contributed by atoms with Crippen molar-refractivity contribution in [1.82, 2.24) is 9.97 Å². The first-order chi connectivity index (χ1) is 12.3. The van der Waals surface area contributed by atoms with Crippen molar-refractivity contribution < 1.29 is 17.9 Å². The number of rotatable bonds is 6. The zero-order chi connectivity index (χ0) is 19.2. The minimum absolute atomic E-state index is 0.230. The van der Waals surface area contributed by atoms with Gasteiger partial charge in [0.2, 0.25) is 11.9 Å². The van der Waals surface area contributed by atoms with Crippen molar-refractivity contribution in [3.05, 3.63) is 46.4 Å². The number of H-pyrrole nitrogens is 1. The summed E-state index contributed by atoms with van der Waals surface area (Å²) in [7, 11) is 0. The largest absolute Gasteiger partial charge is 0.494 e. The monoisotopic (exact) mass is 369 g/mol. The second-order valence-corrected chi connectivity index (χ2v) is 5.30. The molecule has 0 bridgehead atoms. The molecule has 2 aromatic rings. The third-order valence-electron chi connectivity index (χ3n) is 3.14. The van der Waals surface area contributed by atoms with Crippen LogP contribution in [-0.2, 0) is 6.18 Å². The number of hydrogen-bond acceptors (Lipinski definition) is 4. The molecule has 0 aliphatic rings. The van der Waals surface area contributed by atoms with Crippen molar-refractivity contribution in [3.8, 4) is 5.75 Å². The number of ether oxygens (including phenoxy) is 1. The van der Waals surface area contributed by atoms with Crippen LogP contribution in [0.5, 0.6) is 5.75 Å². The number of alkyl halides is 3. The maximum absolute atomic E-state index is 12.7. The summed E-state index contributed by atoms with van der Waals surface area (Å²) in [6, 6.07) is 7.13. The van der Waals surface area contributed by atoms with Gasteiger partial charge in [0.05, 0.1) is 6.61 Å². The average Bonchev–Trinajstić information content (AvgIpc) is 2.55. The summed E-state index contributed by atoms with van der Waals surface area (Å²) in [6.45, 7) is 2.67. The van der Waals surface area contributed by atoms with Gasteiger partial charge in [-0.25, -0.2) is 4.98 Å². The number of unbranched alkanes of at least 4 members (excludes halogenated alkanes) is 1. The quantitative estimate of drug-likeness (QED) is 0.412. The van der Waals surface area contributed by atoms with E-state index in [1.165, 1.54) is 0 Å². The molecule has 4 N–H and O–H groups in total. The Balaban J connectivity index is 2.08. The Labute approximate surface area is 147 Å². The molecule has 0 amide bonds. The third kappa shape index (κ3) is 5.80. The predicted molar refractivity (Wildman–Crippen MR) is 91.6 cm³/mol. The Hall–Kier alpha value is -3.04. The highest BCUT2D eigenvalue weighted by molar-refractivity contribution is 5.93. The van der Waals surface area contributed by atoms with E-state index in [0.29, 0.717) is 24.1 Å². The molecule has 1 aromatic heterocycles. The molecular weight excluding hydrogens is 351 g/mol. The van der Waals surface area contributed by atoms with Crippen molar-refractivity contribution >= 4 is 17.6 Å². The fraction of sp³-hybridized carbons (Fsp3) is 0.312. The van der Waals surface area contributed by atoms with Crippen LogP contribution in [0.4, 0.5) is 24.8 Å².